The van der Waals surface area contributed by atoms with Crippen LogP contribution in [-0.4, -0.2) is 26.5 Å². The van der Waals surface area contributed by atoms with Crippen LogP contribution in [0.3, 0.4) is 0 Å². The van der Waals surface area contributed by atoms with Gasteiger partial charge in [-0.25, -0.2) is 0 Å². The van der Waals surface area contributed by atoms with Gasteiger partial charge in [-0.2, -0.15) is 0 Å². The summed E-state index contributed by atoms with van der Waals surface area (Å²) in [5, 5.41) is 2.44. The normalized spacial score (nSPS) is 15.9. The number of rotatable bonds is 3. The number of amides is 1. The molecule has 2 unspecified atom stereocenters. The van der Waals surface area contributed by atoms with Crippen molar-refractivity contribution in [2.75, 3.05) is 5.75 Å². The Morgan fingerprint density at radius 1 is 1.80 bits per heavy atom. The molecule has 5 heteroatoms. The minimum atomic E-state index is -2.08. The van der Waals surface area contributed by atoms with Crippen molar-refractivity contribution in [2.45, 2.75) is 19.9 Å². The Morgan fingerprint density at radius 3 is 2.60 bits per heavy atom. The van der Waals surface area contributed by atoms with Crippen molar-refractivity contribution >= 4 is 17.0 Å². The predicted octanol–water partition coefficient (Wildman–Crippen LogP) is -0.610. The molecule has 0 fully saturated rings. The van der Waals surface area contributed by atoms with E-state index in [1.807, 2.05) is 0 Å². The summed E-state index contributed by atoms with van der Waals surface area (Å²) >= 11 is -2.08. The number of hydrogen-bond donors (Lipinski definition) is 1. The zero-order chi connectivity index (χ0) is 8.15. The van der Waals surface area contributed by atoms with Crippen molar-refractivity contribution in [1.29, 1.82) is 0 Å². The monoisotopic (exact) mass is 164 g/mol. The number of nitrogens with one attached hydrogen (secondary N) is 1. The molecule has 1 N–H and O–H groups in total. The molecule has 4 nitrogen and oxygen atoms in total. The highest BCUT2D eigenvalue weighted by atomic mass is 32.2. The fourth-order valence-electron chi connectivity index (χ4n) is 0.593. The standard InChI is InChI=1S/C5H11NO3S/c1-4(3-10(8)9)6-5(2)7/h4H,3H2,1-2H3,(H,6,7)(H,8,9)/p-1. The number of carbonyl (C=O) groups excluding carboxylic acids is 1. The van der Waals surface area contributed by atoms with Crippen molar-refractivity contribution in [3.8, 4) is 0 Å². The molecule has 60 valence electrons. The van der Waals surface area contributed by atoms with Crippen molar-refractivity contribution in [3.05, 3.63) is 0 Å². The molecule has 0 aromatic carbocycles. The molecule has 0 aliphatic heterocycles. The Hall–Kier alpha value is -0.420. The summed E-state index contributed by atoms with van der Waals surface area (Å²) in [6.45, 7) is 2.99. The first-order valence-electron chi connectivity index (χ1n) is 2.85. The highest BCUT2D eigenvalue weighted by Crippen LogP contribution is 1.83. The Bertz CT molecular complexity index is 132. The van der Waals surface area contributed by atoms with E-state index in [1.165, 1.54) is 6.92 Å². The second-order valence-electron chi connectivity index (χ2n) is 2.07. The number of hydrogen-bond acceptors (Lipinski definition) is 3. The van der Waals surface area contributed by atoms with Gasteiger partial charge in [0, 0.05) is 18.7 Å². The first kappa shape index (κ1) is 9.58. The lowest BCUT2D eigenvalue weighted by Gasteiger charge is -2.13. The van der Waals surface area contributed by atoms with E-state index >= 15 is 0 Å². The third-order valence-electron chi connectivity index (χ3n) is 0.836. The second kappa shape index (κ2) is 4.40. The van der Waals surface area contributed by atoms with Crippen LogP contribution < -0.4 is 5.32 Å². The van der Waals surface area contributed by atoms with Gasteiger partial charge >= 0.3 is 0 Å². The second-order valence-corrected chi connectivity index (χ2v) is 3.01. The van der Waals surface area contributed by atoms with Gasteiger partial charge in [0.1, 0.15) is 0 Å². The Kier molecular flexibility index (Phi) is 4.22. The summed E-state index contributed by atoms with van der Waals surface area (Å²) < 4.78 is 20.1. The summed E-state index contributed by atoms with van der Waals surface area (Å²) in [7, 11) is 0. The van der Waals surface area contributed by atoms with Gasteiger partial charge in [-0.15, -0.1) is 0 Å². The van der Waals surface area contributed by atoms with E-state index < -0.39 is 11.1 Å². The van der Waals surface area contributed by atoms with E-state index in [1.54, 1.807) is 6.92 Å². The molecule has 0 rings (SSSR count). The van der Waals surface area contributed by atoms with Gasteiger partial charge in [0.2, 0.25) is 5.91 Å². The maximum atomic E-state index is 10.3. The van der Waals surface area contributed by atoms with Gasteiger partial charge in [0.25, 0.3) is 0 Å². The van der Waals surface area contributed by atoms with E-state index in [0.717, 1.165) is 0 Å². The lowest BCUT2D eigenvalue weighted by molar-refractivity contribution is -0.119. The molecular formula is C5H10NO3S-. The van der Waals surface area contributed by atoms with Crippen LogP contribution in [0.25, 0.3) is 0 Å². The molecule has 0 bridgehead atoms. The van der Waals surface area contributed by atoms with Crippen LogP contribution in [0.4, 0.5) is 0 Å². The van der Waals surface area contributed by atoms with Gasteiger partial charge in [-0.1, -0.05) is 11.1 Å². The van der Waals surface area contributed by atoms with Gasteiger partial charge in [0.05, 0.1) is 0 Å². The average Bonchev–Trinajstić information content (AvgIpc) is 1.58. The summed E-state index contributed by atoms with van der Waals surface area (Å²) in [4.78, 5) is 10.3. The first-order chi connectivity index (χ1) is 4.52. The quantitative estimate of drug-likeness (QED) is 0.566. The molecule has 0 aliphatic carbocycles. The van der Waals surface area contributed by atoms with Crippen LogP contribution >= 0.6 is 0 Å². The molecule has 10 heavy (non-hydrogen) atoms. The molecule has 1 amide bonds. The van der Waals surface area contributed by atoms with Gasteiger partial charge < -0.3 is 9.87 Å². The summed E-state index contributed by atoms with van der Waals surface area (Å²) in [5.74, 6) is -0.238. The third kappa shape index (κ3) is 5.71. The highest BCUT2D eigenvalue weighted by Gasteiger charge is 2.01. The zero-order valence-corrected chi connectivity index (χ0v) is 6.73. The minimum absolute atomic E-state index is 0.0282. The molecule has 0 saturated carbocycles. The molecule has 0 saturated heterocycles. The van der Waals surface area contributed by atoms with Gasteiger partial charge in [-0.05, 0) is 6.92 Å². The largest absolute Gasteiger partial charge is 0.772 e. The summed E-state index contributed by atoms with van der Waals surface area (Å²) in [5.41, 5.74) is 0. The number of carbonyl (C=O) groups is 1. The molecule has 0 aromatic rings. The van der Waals surface area contributed by atoms with Crippen molar-refractivity contribution in [2.24, 2.45) is 0 Å². The SMILES string of the molecule is CC(=O)NC(C)CS(=O)[O-]. The van der Waals surface area contributed by atoms with Crippen LogP contribution in [0.1, 0.15) is 13.8 Å². The average molecular weight is 164 g/mol. The fourth-order valence-corrected chi connectivity index (χ4v) is 1.08. The van der Waals surface area contributed by atoms with Gasteiger partial charge in [0.15, 0.2) is 0 Å². The van der Waals surface area contributed by atoms with E-state index in [-0.39, 0.29) is 17.7 Å². The molecule has 0 aromatic heterocycles. The molecule has 2 atom stereocenters. The lowest BCUT2D eigenvalue weighted by Crippen LogP contribution is -2.34. The van der Waals surface area contributed by atoms with Crippen molar-refractivity contribution in [1.82, 2.24) is 5.32 Å². The van der Waals surface area contributed by atoms with E-state index in [2.05, 4.69) is 5.32 Å². The molecule has 0 radical (unpaired) electrons. The first-order valence-corrected chi connectivity index (χ1v) is 4.09. The van der Waals surface area contributed by atoms with Crippen LogP contribution in [0, 0.1) is 0 Å². The summed E-state index contributed by atoms with van der Waals surface area (Å²) in [6.07, 6.45) is 0. The van der Waals surface area contributed by atoms with E-state index in [9.17, 15) is 13.6 Å². The lowest BCUT2D eigenvalue weighted by atomic mass is 10.4. The van der Waals surface area contributed by atoms with Crippen LogP contribution in [-0.2, 0) is 15.9 Å². The minimum Gasteiger partial charge on any atom is -0.772 e. The molecule has 0 heterocycles. The van der Waals surface area contributed by atoms with Crippen LogP contribution in [0.5, 0.6) is 0 Å². The molecular weight excluding hydrogens is 154 g/mol. The molecule has 0 spiro atoms. The maximum Gasteiger partial charge on any atom is 0.217 e. The Balaban J connectivity index is 3.53. The zero-order valence-electron chi connectivity index (χ0n) is 5.92. The Labute approximate surface area is 62.3 Å². The van der Waals surface area contributed by atoms with Crippen LogP contribution in [0.2, 0.25) is 0 Å². The van der Waals surface area contributed by atoms with E-state index in [0.29, 0.717) is 0 Å². The fraction of sp³-hybridized carbons (Fsp3) is 0.800. The molecule has 0 aliphatic rings. The van der Waals surface area contributed by atoms with E-state index in [4.69, 9.17) is 0 Å². The predicted molar refractivity (Wildman–Crippen MR) is 37.1 cm³/mol. The summed E-state index contributed by atoms with van der Waals surface area (Å²) in [6, 6.07) is -0.296. The van der Waals surface area contributed by atoms with Gasteiger partial charge in [-0.3, -0.25) is 9.00 Å². The highest BCUT2D eigenvalue weighted by molar-refractivity contribution is 7.79. The van der Waals surface area contributed by atoms with Crippen LogP contribution in [0.15, 0.2) is 0 Å². The topological polar surface area (TPSA) is 69.2 Å². The van der Waals surface area contributed by atoms with Crippen molar-refractivity contribution < 1.29 is 13.6 Å². The smallest absolute Gasteiger partial charge is 0.217 e. The van der Waals surface area contributed by atoms with Crippen molar-refractivity contribution in [3.63, 3.8) is 0 Å². The maximum absolute atomic E-state index is 10.3. The Morgan fingerprint density at radius 2 is 2.30 bits per heavy atom. The third-order valence-corrected chi connectivity index (χ3v) is 1.61.